The number of nitrogens with zero attached hydrogens (tertiary/aromatic N) is 3. The number of carbonyl (C=O) groups excluding carboxylic acids is 2. The fourth-order valence-corrected chi connectivity index (χ4v) is 7.29. The molecular formula is C36H67N3O5S. The lowest BCUT2D eigenvalue weighted by Gasteiger charge is -2.36. The maximum atomic E-state index is 12.0. The molecule has 0 aromatic heterocycles. The van der Waals surface area contributed by atoms with Crippen LogP contribution in [-0.4, -0.2) is 79.4 Å². The van der Waals surface area contributed by atoms with Gasteiger partial charge in [0.05, 0.1) is 0 Å². The molecule has 3 aliphatic heterocycles. The molecule has 45 heavy (non-hydrogen) atoms. The Morgan fingerprint density at radius 2 is 1.27 bits per heavy atom. The molecule has 9 heteroatoms. The summed E-state index contributed by atoms with van der Waals surface area (Å²) >= 11 is 0. The monoisotopic (exact) mass is 653 g/mol. The molecule has 0 aliphatic carbocycles. The van der Waals surface area contributed by atoms with E-state index >= 15 is 0 Å². The maximum absolute atomic E-state index is 12.0. The smallest absolute Gasteiger partial charge is 0.410 e. The number of hydrogen-bond acceptors (Lipinski definition) is 5. The van der Waals surface area contributed by atoms with Gasteiger partial charge < -0.3 is 14.5 Å². The third-order valence-electron chi connectivity index (χ3n) is 9.88. The minimum absolute atomic E-state index is 0.0954. The minimum atomic E-state index is -3.19. The number of sulfonamides is 1. The Bertz CT molecular complexity index is 1020. The molecule has 0 saturated carbocycles. The number of ether oxygens (including phenoxy) is 1. The molecular weight excluding hydrogens is 586 g/mol. The molecule has 262 valence electrons. The zero-order valence-corrected chi connectivity index (χ0v) is 31.0. The Kier molecular flexibility index (Phi) is 18.0. The highest BCUT2D eigenvalue weighted by atomic mass is 32.2. The van der Waals surface area contributed by atoms with Crippen LogP contribution in [0.3, 0.4) is 0 Å². The second kappa shape index (κ2) is 19.7. The van der Waals surface area contributed by atoms with Crippen LogP contribution in [0.2, 0.25) is 0 Å². The van der Waals surface area contributed by atoms with Gasteiger partial charge in [-0.3, -0.25) is 4.79 Å². The van der Waals surface area contributed by atoms with Gasteiger partial charge in [0, 0.05) is 44.7 Å². The highest BCUT2D eigenvalue weighted by molar-refractivity contribution is 7.92. The lowest BCUT2D eigenvalue weighted by Crippen LogP contribution is -2.44. The molecule has 3 rings (SSSR count). The standard InChI is InChI=1S/C14H27NO2.C12H21NO.C10H19NO2S/c1-6-11(2)12-8-7-9-15(10-12)13(16)17-14(3,4)5;1-4-10(3)11-7-6-8-13(9-11)12(14)5-2;1-4-14(12,13)11-7-5-6-10(8-11)9(2)3/h11-12H,6-10H2,1-5H3;5,10-11H,2,4,6-9H2,1,3H3;4,9-10H,1,5-8H2,2-3H3. The van der Waals surface area contributed by atoms with Gasteiger partial charge in [-0.25, -0.2) is 13.2 Å². The molecule has 2 amide bonds. The van der Waals surface area contributed by atoms with E-state index in [2.05, 4.69) is 54.7 Å². The first-order valence-corrected chi connectivity index (χ1v) is 19.0. The van der Waals surface area contributed by atoms with Crippen molar-refractivity contribution in [2.75, 3.05) is 39.3 Å². The molecule has 0 aromatic rings. The molecule has 3 aliphatic rings. The zero-order chi connectivity index (χ0) is 34.4. The van der Waals surface area contributed by atoms with Crippen LogP contribution in [0, 0.1) is 35.5 Å². The van der Waals surface area contributed by atoms with E-state index in [1.54, 1.807) is 4.31 Å². The summed E-state index contributed by atoms with van der Waals surface area (Å²) < 4.78 is 30.0. The largest absolute Gasteiger partial charge is 0.444 e. The second-order valence-electron chi connectivity index (χ2n) is 14.7. The molecule has 0 N–H and O–H groups in total. The van der Waals surface area contributed by atoms with Crippen molar-refractivity contribution in [3.63, 3.8) is 0 Å². The van der Waals surface area contributed by atoms with Gasteiger partial charge >= 0.3 is 6.09 Å². The Morgan fingerprint density at radius 3 is 1.71 bits per heavy atom. The average molecular weight is 654 g/mol. The van der Waals surface area contributed by atoms with E-state index in [4.69, 9.17) is 4.74 Å². The summed E-state index contributed by atoms with van der Waals surface area (Å²) in [5.74, 6) is 3.91. The molecule has 0 spiro atoms. The SMILES string of the molecule is C=CC(=O)N1CCCC(C(C)CC)C1.C=CS(=O)(=O)N1CCCC(C(C)C)C1.CCC(C)C1CCCN(C(=O)OC(C)(C)C)C1. The molecule has 3 fully saturated rings. The topological polar surface area (TPSA) is 87.2 Å². The lowest BCUT2D eigenvalue weighted by atomic mass is 9.85. The van der Waals surface area contributed by atoms with Gasteiger partial charge in [0.25, 0.3) is 0 Å². The van der Waals surface area contributed by atoms with E-state index in [0.717, 1.165) is 63.2 Å². The highest BCUT2D eigenvalue weighted by Gasteiger charge is 2.30. The minimum Gasteiger partial charge on any atom is -0.444 e. The first kappa shape index (κ1) is 41.2. The van der Waals surface area contributed by atoms with Gasteiger partial charge in [0.2, 0.25) is 15.9 Å². The summed E-state index contributed by atoms with van der Waals surface area (Å²) in [4.78, 5) is 27.2. The van der Waals surface area contributed by atoms with Crippen molar-refractivity contribution in [2.24, 2.45) is 35.5 Å². The third kappa shape index (κ3) is 14.6. The fourth-order valence-electron chi connectivity index (χ4n) is 6.29. The number of hydrogen-bond donors (Lipinski definition) is 0. The normalized spacial score (nSPS) is 24.3. The third-order valence-corrected chi connectivity index (χ3v) is 11.4. The quantitative estimate of drug-likeness (QED) is 0.248. The van der Waals surface area contributed by atoms with Gasteiger partial charge in [-0.15, -0.1) is 0 Å². The zero-order valence-electron chi connectivity index (χ0n) is 30.2. The van der Waals surface area contributed by atoms with E-state index in [-0.39, 0.29) is 17.6 Å². The van der Waals surface area contributed by atoms with Gasteiger partial charge in [0.1, 0.15) is 5.60 Å². The van der Waals surface area contributed by atoms with Crippen LogP contribution in [0.25, 0.3) is 0 Å². The van der Waals surface area contributed by atoms with Crippen molar-refractivity contribution in [1.82, 2.24) is 14.1 Å². The van der Waals surface area contributed by atoms with Crippen LogP contribution >= 0.6 is 0 Å². The number of amides is 2. The van der Waals surface area contributed by atoms with E-state index in [1.165, 1.54) is 31.8 Å². The first-order chi connectivity index (χ1) is 21.0. The molecule has 5 unspecified atom stereocenters. The van der Waals surface area contributed by atoms with Crippen LogP contribution in [0.15, 0.2) is 24.6 Å². The lowest BCUT2D eigenvalue weighted by molar-refractivity contribution is -0.128. The summed E-state index contributed by atoms with van der Waals surface area (Å²) in [7, 11) is -3.19. The van der Waals surface area contributed by atoms with E-state index in [1.807, 2.05) is 30.6 Å². The summed E-state index contributed by atoms with van der Waals surface area (Å²) in [5.41, 5.74) is -0.388. The van der Waals surface area contributed by atoms with Gasteiger partial charge in [-0.1, -0.05) is 67.5 Å². The molecule has 5 atom stereocenters. The van der Waals surface area contributed by atoms with Crippen LogP contribution < -0.4 is 0 Å². The van der Waals surface area contributed by atoms with Crippen molar-refractivity contribution in [2.45, 2.75) is 119 Å². The predicted molar refractivity (Wildman–Crippen MR) is 187 cm³/mol. The van der Waals surface area contributed by atoms with Crippen molar-refractivity contribution >= 4 is 22.0 Å². The predicted octanol–water partition coefficient (Wildman–Crippen LogP) is 7.96. The Labute approximate surface area is 277 Å². The van der Waals surface area contributed by atoms with Crippen molar-refractivity contribution in [3.8, 4) is 0 Å². The summed E-state index contributed by atoms with van der Waals surface area (Å²) in [5, 5.41) is 1.05. The summed E-state index contributed by atoms with van der Waals surface area (Å²) in [6, 6.07) is 0. The molecule has 3 saturated heterocycles. The summed E-state index contributed by atoms with van der Waals surface area (Å²) in [6.07, 6.45) is 10.6. The van der Waals surface area contributed by atoms with E-state index in [0.29, 0.717) is 42.7 Å². The molecule has 3 heterocycles. The molecule has 0 radical (unpaired) electrons. The number of carbonyl (C=O) groups is 2. The van der Waals surface area contributed by atoms with Gasteiger partial charge in [-0.05, 0) is 101 Å². The highest BCUT2D eigenvalue weighted by Crippen LogP contribution is 2.28. The molecule has 0 aromatic carbocycles. The first-order valence-electron chi connectivity index (χ1n) is 17.5. The summed E-state index contributed by atoms with van der Waals surface area (Å²) in [6.45, 7) is 30.8. The van der Waals surface area contributed by atoms with Crippen molar-refractivity contribution in [3.05, 3.63) is 24.6 Å². The van der Waals surface area contributed by atoms with Gasteiger partial charge in [-0.2, -0.15) is 4.31 Å². The van der Waals surface area contributed by atoms with Gasteiger partial charge in [0.15, 0.2) is 0 Å². The maximum Gasteiger partial charge on any atom is 0.410 e. The second-order valence-corrected chi connectivity index (χ2v) is 16.6. The van der Waals surface area contributed by atoms with Crippen molar-refractivity contribution in [1.29, 1.82) is 0 Å². The number of likely N-dealkylation sites (tertiary alicyclic amines) is 2. The van der Waals surface area contributed by atoms with Crippen LogP contribution in [0.4, 0.5) is 4.79 Å². The van der Waals surface area contributed by atoms with Crippen LogP contribution in [-0.2, 0) is 19.6 Å². The number of rotatable bonds is 8. The average Bonchev–Trinajstić information content (AvgIpc) is 3.03. The molecule has 0 bridgehead atoms. The molecule has 8 nitrogen and oxygen atoms in total. The number of piperidine rings is 3. The van der Waals surface area contributed by atoms with Crippen LogP contribution in [0.1, 0.15) is 114 Å². The Hall–Kier alpha value is -1.87. The Balaban J connectivity index is 0.000000340. The van der Waals surface area contributed by atoms with E-state index < -0.39 is 10.0 Å². The van der Waals surface area contributed by atoms with Crippen LogP contribution in [0.5, 0.6) is 0 Å². The Morgan fingerprint density at radius 1 is 0.800 bits per heavy atom. The fraction of sp³-hybridized carbons (Fsp3) is 0.833. The van der Waals surface area contributed by atoms with E-state index in [9.17, 15) is 18.0 Å². The van der Waals surface area contributed by atoms with Crippen molar-refractivity contribution < 1.29 is 22.7 Å².